The molecule has 0 unspecified atom stereocenters. The van der Waals surface area contributed by atoms with Gasteiger partial charge in [-0.25, -0.2) is 0 Å². The van der Waals surface area contributed by atoms with Gasteiger partial charge in [-0.05, 0) is 35.4 Å². The number of hydrogen-bond donors (Lipinski definition) is 2. The van der Waals surface area contributed by atoms with Gasteiger partial charge in [0.15, 0.2) is 5.11 Å². The van der Waals surface area contributed by atoms with E-state index in [4.69, 9.17) is 35.4 Å². The summed E-state index contributed by atoms with van der Waals surface area (Å²) in [6.45, 7) is 0. The minimum atomic E-state index is 0.0152. The lowest BCUT2D eigenvalue weighted by Crippen LogP contribution is -2.25. The zero-order valence-corrected chi connectivity index (χ0v) is 8.83. The zero-order chi connectivity index (χ0) is 9.84. The van der Waals surface area contributed by atoms with Crippen LogP contribution >= 0.6 is 35.4 Å². The molecule has 0 fully saturated rings. The van der Waals surface area contributed by atoms with Crippen molar-refractivity contribution >= 4 is 46.5 Å². The molecule has 1 aromatic heterocycles. The van der Waals surface area contributed by atoms with Crippen LogP contribution in [0.25, 0.3) is 0 Å². The third kappa shape index (κ3) is 3.25. The molecule has 1 rings (SSSR count). The third-order valence-corrected chi connectivity index (χ3v) is 1.68. The largest absolute Gasteiger partial charge is 0.365 e. The van der Waals surface area contributed by atoms with Crippen molar-refractivity contribution in [2.75, 3.05) is 12.4 Å². The van der Waals surface area contributed by atoms with Crippen molar-refractivity contribution in [1.29, 1.82) is 0 Å². The molecule has 0 bridgehead atoms. The Balaban J connectivity index is 2.83. The van der Waals surface area contributed by atoms with Gasteiger partial charge in [-0.3, -0.25) is 0 Å². The fourth-order valence-electron chi connectivity index (χ4n) is 0.546. The van der Waals surface area contributed by atoms with Gasteiger partial charge in [0.25, 0.3) is 0 Å². The number of thiocarbonyl (C=S) groups is 1. The zero-order valence-electron chi connectivity index (χ0n) is 6.51. The molecule has 0 spiro atoms. The Morgan fingerprint density at radius 1 is 1.23 bits per heavy atom. The Morgan fingerprint density at radius 3 is 2.23 bits per heavy atom. The molecular formula is C5H5Cl2N5S. The van der Waals surface area contributed by atoms with Gasteiger partial charge in [-0.15, -0.1) is 0 Å². The van der Waals surface area contributed by atoms with Gasteiger partial charge >= 0.3 is 0 Å². The Bertz CT molecular complexity index is 310. The van der Waals surface area contributed by atoms with Crippen LogP contribution in [0.2, 0.25) is 10.6 Å². The highest BCUT2D eigenvalue weighted by molar-refractivity contribution is 7.80. The molecule has 0 saturated heterocycles. The first-order valence-electron chi connectivity index (χ1n) is 3.17. The predicted octanol–water partition coefficient (Wildman–Crippen LogP) is 1.09. The molecule has 70 valence electrons. The summed E-state index contributed by atoms with van der Waals surface area (Å²) >= 11 is 15.9. The quantitative estimate of drug-likeness (QED) is 0.714. The summed E-state index contributed by atoms with van der Waals surface area (Å²) in [7, 11) is 1.67. The summed E-state index contributed by atoms with van der Waals surface area (Å²) < 4.78 is 0. The van der Waals surface area contributed by atoms with Crippen molar-refractivity contribution in [2.24, 2.45) is 0 Å². The molecule has 1 heterocycles. The Kier molecular flexibility index (Phi) is 3.58. The van der Waals surface area contributed by atoms with E-state index < -0.39 is 0 Å². The summed E-state index contributed by atoms with van der Waals surface area (Å²) in [5.74, 6) is 0.212. The molecule has 0 aliphatic heterocycles. The molecule has 0 radical (unpaired) electrons. The summed E-state index contributed by atoms with van der Waals surface area (Å²) in [6, 6.07) is 0. The van der Waals surface area contributed by atoms with Crippen LogP contribution in [0.3, 0.4) is 0 Å². The Labute approximate surface area is 89.9 Å². The van der Waals surface area contributed by atoms with Crippen molar-refractivity contribution in [3.8, 4) is 0 Å². The molecule has 8 heteroatoms. The molecule has 0 amide bonds. The number of hydrogen-bond acceptors (Lipinski definition) is 4. The smallest absolute Gasteiger partial charge is 0.234 e. The molecule has 13 heavy (non-hydrogen) atoms. The van der Waals surface area contributed by atoms with Crippen molar-refractivity contribution in [1.82, 2.24) is 20.3 Å². The van der Waals surface area contributed by atoms with Crippen LogP contribution in [0.1, 0.15) is 0 Å². The lowest BCUT2D eigenvalue weighted by molar-refractivity contribution is 1.05. The van der Waals surface area contributed by atoms with Gasteiger partial charge in [0.1, 0.15) is 0 Å². The SMILES string of the molecule is CNC(=S)Nc1nc(Cl)nc(Cl)n1. The molecule has 2 N–H and O–H groups in total. The van der Waals surface area contributed by atoms with Crippen molar-refractivity contribution in [2.45, 2.75) is 0 Å². The van der Waals surface area contributed by atoms with Crippen LogP contribution in [0.5, 0.6) is 0 Å². The molecule has 1 aromatic rings. The van der Waals surface area contributed by atoms with E-state index in [0.29, 0.717) is 5.11 Å². The highest BCUT2D eigenvalue weighted by atomic mass is 35.5. The van der Waals surface area contributed by atoms with E-state index in [0.717, 1.165) is 0 Å². The summed E-state index contributed by atoms with van der Waals surface area (Å²) in [5, 5.41) is 5.75. The van der Waals surface area contributed by atoms with Gasteiger partial charge in [-0.2, -0.15) is 15.0 Å². The fourth-order valence-corrected chi connectivity index (χ4v) is 1.00. The number of aromatic nitrogens is 3. The van der Waals surface area contributed by atoms with Gasteiger partial charge in [-0.1, -0.05) is 0 Å². The molecule has 0 aromatic carbocycles. The first kappa shape index (κ1) is 10.4. The average molecular weight is 238 g/mol. The fraction of sp³-hybridized carbons (Fsp3) is 0.200. The molecular weight excluding hydrogens is 233 g/mol. The normalized spacial score (nSPS) is 9.46. The number of nitrogens with zero attached hydrogens (tertiary/aromatic N) is 3. The lowest BCUT2D eigenvalue weighted by atomic mass is 10.8. The highest BCUT2D eigenvalue weighted by Gasteiger charge is 2.03. The molecule has 5 nitrogen and oxygen atoms in total. The van der Waals surface area contributed by atoms with Gasteiger partial charge < -0.3 is 10.6 Å². The maximum Gasteiger partial charge on any atom is 0.234 e. The second-order valence-corrected chi connectivity index (χ2v) is 2.99. The van der Waals surface area contributed by atoms with Crippen LogP contribution in [0.15, 0.2) is 0 Å². The van der Waals surface area contributed by atoms with E-state index in [2.05, 4.69) is 25.6 Å². The van der Waals surface area contributed by atoms with Gasteiger partial charge in [0.05, 0.1) is 0 Å². The molecule has 0 saturated carbocycles. The Hall–Kier alpha value is -0.720. The number of nitrogens with one attached hydrogen (secondary N) is 2. The maximum absolute atomic E-state index is 5.53. The Morgan fingerprint density at radius 2 is 1.77 bits per heavy atom. The minimum absolute atomic E-state index is 0.0152. The van der Waals surface area contributed by atoms with Crippen LogP contribution in [0, 0.1) is 0 Å². The number of rotatable bonds is 1. The number of anilines is 1. The van der Waals surface area contributed by atoms with E-state index >= 15 is 0 Å². The summed E-state index contributed by atoms with van der Waals surface area (Å²) in [4.78, 5) is 11.1. The minimum Gasteiger partial charge on any atom is -0.365 e. The van der Waals surface area contributed by atoms with Crippen LogP contribution in [0.4, 0.5) is 5.95 Å². The van der Waals surface area contributed by atoms with E-state index in [-0.39, 0.29) is 16.5 Å². The first-order valence-corrected chi connectivity index (χ1v) is 4.34. The van der Waals surface area contributed by atoms with Crippen LogP contribution in [-0.2, 0) is 0 Å². The van der Waals surface area contributed by atoms with Crippen molar-refractivity contribution < 1.29 is 0 Å². The van der Waals surface area contributed by atoms with E-state index in [9.17, 15) is 0 Å². The second kappa shape index (κ2) is 4.50. The topological polar surface area (TPSA) is 62.7 Å². The van der Waals surface area contributed by atoms with Crippen LogP contribution < -0.4 is 10.6 Å². The highest BCUT2D eigenvalue weighted by Crippen LogP contribution is 2.08. The predicted molar refractivity (Wildman–Crippen MR) is 55.1 cm³/mol. The lowest BCUT2D eigenvalue weighted by Gasteiger charge is -2.04. The van der Waals surface area contributed by atoms with E-state index in [1.165, 1.54) is 0 Å². The third-order valence-electron chi connectivity index (χ3n) is 1.03. The molecule has 0 atom stereocenters. The number of halogens is 2. The standard InChI is InChI=1S/C5H5Cl2N5S/c1-8-5(13)12-4-10-2(6)9-3(7)11-4/h1H3,(H2,8,9,10,11,12,13). The second-order valence-electron chi connectivity index (χ2n) is 1.90. The van der Waals surface area contributed by atoms with E-state index in [1.54, 1.807) is 7.05 Å². The van der Waals surface area contributed by atoms with Gasteiger partial charge in [0.2, 0.25) is 16.5 Å². The maximum atomic E-state index is 5.53. The van der Waals surface area contributed by atoms with Crippen molar-refractivity contribution in [3.05, 3.63) is 10.6 Å². The monoisotopic (exact) mass is 237 g/mol. The van der Waals surface area contributed by atoms with Crippen LogP contribution in [-0.4, -0.2) is 27.1 Å². The average Bonchev–Trinajstić information content (AvgIpc) is 2.02. The summed E-state index contributed by atoms with van der Waals surface area (Å²) in [6.07, 6.45) is 0. The summed E-state index contributed by atoms with van der Waals surface area (Å²) in [5.41, 5.74) is 0. The van der Waals surface area contributed by atoms with Gasteiger partial charge in [0, 0.05) is 7.05 Å². The molecule has 0 aliphatic carbocycles. The molecule has 0 aliphatic rings. The van der Waals surface area contributed by atoms with Crippen molar-refractivity contribution in [3.63, 3.8) is 0 Å². The van der Waals surface area contributed by atoms with E-state index in [1.807, 2.05) is 0 Å². The first-order chi connectivity index (χ1) is 6.11.